The van der Waals surface area contributed by atoms with Crippen LogP contribution in [0.5, 0.6) is 5.75 Å². The van der Waals surface area contributed by atoms with Crippen molar-refractivity contribution in [3.8, 4) is 5.75 Å². The molecule has 0 aromatic heterocycles. The summed E-state index contributed by atoms with van der Waals surface area (Å²) < 4.78 is 18.3. The summed E-state index contributed by atoms with van der Waals surface area (Å²) in [6.07, 6.45) is -0.330. The van der Waals surface area contributed by atoms with Crippen molar-refractivity contribution in [2.45, 2.75) is 6.42 Å². The Kier molecular flexibility index (Phi) is 4.05. The molecule has 0 saturated carbocycles. The lowest BCUT2D eigenvalue weighted by molar-refractivity contribution is -0.136. The highest BCUT2D eigenvalue weighted by Crippen LogP contribution is 2.16. The number of halogens is 1. The van der Waals surface area contributed by atoms with Gasteiger partial charge in [0.25, 0.3) is 0 Å². The third-order valence-corrected chi connectivity index (χ3v) is 1.75. The van der Waals surface area contributed by atoms with E-state index in [0.29, 0.717) is 18.9 Å². The van der Waals surface area contributed by atoms with Crippen LogP contribution in [-0.2, 0) is 11.2 Å². The predicted octanol–water partition coefficient (Wildman–Crippen LogP) is 0.790. The molecule has 0 atom stereocenters. The van der Waals surface area contributed by atoms with Crippen molar-refractivity contribution < 1.29 is 19.0 Å². The van der Waals surface area contributed by atoms with Gasteiger partial charge >= 0.3 is 5.97 Å². The topological polar surface area (TPSA) is 72.5 Å². The number of hydrogen-bond donors (Lipinski definition) is 2. The summed E-state index contributed by atoms with van der Waals surface area (Å²) in [7, 11) is 0. The van der Waals surface area contributed by atoms with Crippen molar-refractivity contribution in [2.75, 3.05) is 13.2 Å². The number of rotatable bonds is 5. The number of aliphatic carboxylic acids is 1. The molecule has 0 unspecified atom stereocenters. The second-order valence-electron chi connectivity index (χ2n) is 2.96. The number of carboxylic acid groups (broad SMARTS) is 1. The minimum atomic E-state index is -1.07. The maximum atomic E-state index is 13.3. The maximum Gasteiger partial charge on any atom is 0.307 e. The quantitative estimate of drug-likeness (QED) is 0.758. The molecule has 0 amide bonds. The third-order valence-electron chi connectivity index (χ3n) is 1.75. The van der Waals surface area contributed by atoms with E-state index >= 15 is 0 Å². The first-order valence-corrected chi connectivity index (χ1v) is 4.46. The van der Waals surface area contributed by atoms with Crippen LogP contribution in [0.3, 0.4) is 0 Å². The molecule has 5 heteroatoms. The second kappa shape index (κ2) is 5.31. The van der Waals surface area contributed by atoms with Gasteiger partial charge in [0, 0.05) is 12.6 Å². The van der Waals surface area contributed by atoms with Crippen molar-refractivity contribution in [1.29, 1.82) is 0 Å². The lowest BCUT2D eigenvalue weighted by Gasteiger charge is -2.06. The lowest BCUT2D eigenvalue weighted by Crippen LogP contribution is -2.11. The van der Waals surface area contributed by atoms with Gasteiger partial charge in [-0.1, -0.05) is 6.07 Å². The molecule has 15 heavy (non-hydrogen) atoms. The van der Waals surface area contributed by atoms with Crippen molar-refractivity contribution >= 4 is 5.97 Å². The van der Waals surface area contributed by atoms with Gasteiger partial charge in [0.05, 0.1) is 6.42 Å². The van der Waals surface area contributed by atoms with Crippen LogP contribution in [0.2, 0.25) is 0 Å². The zero-order valence-corrected chi connectivity index (χ0v) is 8.07. The largest absolute Gasteiger partial charge is 0.492 e. The van der Waals surface area contributed by atoms with E-state index in [4.69, 9.17) is 15.6 Å². The molecule has 1 aromatic rings. The SMILES string of the molecule is NCCOc1ccc(CC(=O)O)c(F)c1. The van der Waals surface area contributed by atoms with Gasteiger partial charge < -0.3 is 15.6 Å². The lowest BCUT2D eigenvalue weighted by atomic mass is 10.1. The predicted molar refractivity (Wildman–Crippen MR) is 52.3 cm³/mol. The van der Waals surface area contributed by atoms with E-state index < -0.39 is 11.8 Å². The molecular weight excluding hydrogens is 201 g/mol. The molecule has 0 radical (unpaired) electrons. The van der Waals surface area contributed by atoms with Crippen molar-refractivity contribution in [3.05, 3.63) is 29.6 Å². The first-order chi connectivity index (χ1) is 7.13. The van der Waals surface area contributed by atoms with Crippen LogP contribution in [0.4, 0.5) is 4.39 Å². The summed E-state index contributed by atoms with van der Waals surface area (Å²) >= 11 is 0. The molecule has 0 fully saturated rings. The Morgan fingerprint density at radius 2 is 2.27 bits per heavy atom. The minimum absolute atomic E-state index is 0.141. The van der Waals surface area contributed by atoms with E-state index in [1.54, 1.807) is 0 Å². The van der Waals surface area contributed by atoms with Crippen LogP contribution >= 0.6 is 0 Å². The van der Waals surface area contributed by atoms with Gasteiger partial charge in [0.1, 0.15) is 18.2 Å². The fourth-order valence-corrected chi connectivity index (χ4v) is 1.10. The molecule has 4 nitrogen and oxygen atoms in total. The van der Waals surface area contributed by atoms with Crippen molar-refractivity contribution in [1.82, 2.24) is 0 Å². The van der Waals surface area contributed by atoms with Crippen molar-refractivity contribution in [2.24, 2.45) is 5.73 Å². The van der Waals surface area contributed by atoms with Crippen LogP contribution in [0.15, 0.2) is 18.2 Å². The zero-order valence-electron chi connectivity index (χ0n) is 8.07. The number of benzene rings is 1. The summed E-state index contributed by atoms with van der Waals surface area (Å²) in [6, 6.07) is 4.08. The number of carboxylic acids is 1. The highest BCUT2D eigenvalue weighted by Gasteiger charge is 2.07. The van der Waals surface area contributed by atoms with E-state index in [2.05, 4.69) is 0 Å². The highest BCUT2D eigenvalue weighted by molar-refractivity contribution is 5.70. The first kappa shape index (κ1) is 11.5. The Balaban J connectivity index is 2.74. The summed E-state index contributed by atoms with van der Waals surface area (Å²) in [5, 5.41) is 8.49. The normalized spacial score (nSPS) is 10.0. The molecular formula is C10H12FNO3. The Labute approximate surface area is 86.5 Å². The van der Waals surface area contributed by atoms with Gasteiger partial charge in [-0.05, 0) is 11.6 Å². The van der Waals surface area contributed by atoms with Crippen LogP contribution in [0, 0.1) is 5.82 Å². The minimum Gasteiger partial charge on any atom is -0.492 e. The summed E-state index contributed by atoms with van der Waals surface area (Å²) in [5.74, 6) is -1.29. The smallest absolute Gasteiger partial charge is 0.307 e. The number of carbonyl (C=O) groups is 1. The molecule has 1 rings (SSSR count). The fourth-order valence-electron chi connectivity index (χ4n) is 1.10. The van der Waals surface area contributed by atoms with Crippen LogP contribution in [-0.4, -0.2) is 24.2 Å². The molecule has 0 aliphatic rings. The van der Waals surface area contributed by atoms with Gasteiger partial charge in [0.2, 0.25) is 0 Å². The standard InChI is InChI=1S/C10H12FNO3/c11-9-6-8(15-4-3-12)2-1-7(9)5-10(13)14/h1-2,6H,3-5,12H2,(H,13,14). The molecule has 0 aliphatic heterocycles. The highest BCUT2D eigenvalue weighted by atomic mass is 19.1. The molecule has 0 aliphatic carbocycles. The number of hydrogen-bond acceptors (Lipinski definition) is 3. The zero-order chi connectivity index (χ0) is 11.3. The summed E-state index contributed by atoms with van der Waals surface area (Å²) in [6.45, 7) is 0.649. The molecule has 0 spiro atoms. The number of nitrogens with two attached hydrogens (primary N) is 1. The summed E-state index contributed by atoms with van der Waals surface area (Å²) in [4.78, 5) is 10.4. The van der Waals surface area contributed by atoms with Crippen molar-refractivity contribution in [3.63, 3.8) is 0 Å². The average molecular weight is 213 g/mol. The average Bonchev–Trinajstić information content (AvgIpc) is 2.18. The Hall–Kier alpha value is -1.62. The van der Waals surface area contributed by atoms with Gasteiger partial charge in [0.15, 0.2) is 0 Å². The summed E-state index contributed by atoms with van der Waals surface area (Å²) in [5.41, 5.74) is 5.36. The van der Waals surface area contributed by atoms with Gasteiger partial charge in [-0.15, -0.1) is 0 Å². The van der Waals surface area contributed by atoms with E-state index in [0.717, 1.165) is 6.07 Å². The van der Waals surface area contributed by atoms with E-state index in [-0.39, 0.29) is 12.0 Å². The molecule has 0 heterocycles. The number of ether oxygens (including phenoxy) is 1. The molecule has 82 valence electrons. The van der Waals surface area contributed by atoms with Gasteiger partial charge in [-0.3, -0.25) is 4.79 Å². The Morgan fingerprint density at radius 1 is 1.53 bits per heavy atom. The second-order valence-corrected chi connectivity index (χ2v) is 2.96. The van der Waals surface area contributed by atoms with Gasteiger partial charge in [-0.2, -0.15) is 0 Å². The van der Waals surface area contributed by atoms with Crippen LogP contribution in [0.1, 0.15) is 5.56 Å². The monoisotopic (exact) mass is 213 g/mol. The van der Waals surface area contributed by atoms with Crippen LogP contribution in [0.25, 0.3) is 0 Å². The molecule has 1 aromatic carbocycles. The first-order valence-electron chi connectivity index (χ1n) is 4.46. The van der Waals surface area contributed by atoms with E-state index in [1.165, 1.54) is 12.1 Å². The van der Waals surface area contributed by atoms with Crippen LogP contribution < -0.4 is 10.5 Å². The molecule has 0 bridgehead atoms. The molecule has 3 N–H and O–H groups in total. The third kappa shape index (κ3) is 3.55. The Morgan fingerprint density at radius 3 is 2.80 bits per heavy atom. The Bertz CT molecular complexity index is 355. The van der Waals surface area contributed by atoms with Gasteiger partial charge in [-0.25, -0.2) is 4.39 Å². The maximum absolute atomic E-state index is 13.3. The fraction of sp³-hybridized carbons (Fsp3) is 0.300. The van der Waals surface area contributed by atoms with E-state index in [9.17, 15) is 9.18 Å². The van der Waals surface area contributed by atoms with E-state index in [1.807, 2.05) is 0 Å². The molecule has 0 saturated heterocycles.